The topological polar surface area (TPSA) is 89.2 Å². The van der Waals surface area contributed by atoms with Gasteiger partial charge >= 0.3 is 0 Å². The van der Waals surface area contributed by atoms with Crippen LogP contribution < -0.4 is 4.74 Å². The summed E-state index contributed by atoms with van der Waals surface area (Å²) in [4.78, 5) is 6.75. The Hall–Kier alpha value is -4.30. The number of fused-ring (bicyclic) bond motifs is 1. The van der Waals surface area contributed by atoms with Gasteiger partial charge in [0.1, 0.15) is 17.0 Å². The Morgan fingerprint density at radius 2 is 1.89 bits per heavy atom. The van der Waals surface area contributed by atoms with E-state index in [4.69, 9.17) is 4.74 Å². The summed E-state index contributed by atoms with van der Waals surface area (Å²) in [5.41, 5.74) is 5.99. The Bertz CT molecular complexity index is 1530. The van der Waals surface area contributed by atoms with E-state index in [1.165, 1.54) is 0 Å². The van der Waals surface area contributed by atoms with Crippen molar-refractivity contribution in [1.29, 1.82) is 0 Å². The van der Waals surface area contributed by atoms with Gasteiger partial charge in [-0.3, -0.25) is 14.6 Å². The molecule has 3 aromatic heterocycles. The normalized spacial score (nSPS) is 14.2. The third-order valence-corrected chi connectivity index (χ3v) is 6.69. The van der Waals surface area contributed by atoms with Crippen LogP contribution >= 0.6 is 0 Å². The Balaban J connectivity index is 1.18. The second kappa shape index (κ2) is 9.05. The first-order valence-corrected chi connectivity index (χ1v) is 11.9. The van der Waals surface area contributed by atoms with Crippen LogP contribution in [0.15, 0.2) is 73.1 Å². The molecule has 0 atom stereocenters. The molecule has 1 aliphatic heterocycles. The quantitative estimate of drug-likeness (QED) is 0.387. The van der Waals surface area contributed by atoms with Gasteiger partial charge in [-0.1, -0.05) is 12.1 Å². The third-order valence-electron chi connectivity index (χ3n) is 6.69. The van der Waals surface area contributed by atoms with Gasteiger partial charge in [-0.25, -0.2) is 0 Å². The molecule has 0 saturated carbocycles. The van der Waals surface area contributed by atoms with Gasteiger partial charge in [0.2, 0.25) is 0 Å². The predicted molar refractivity (Wildman–Crippen MR) is 138 cm³/mol. The number of methoxy groups -OCH3 is 1. The number of hydrogen-bond donors (Lipinski definition) is 1. The van der Waals surface area contributed by atoms with E-state index in [0.29, 0.717) is 22.9 Å². The van der Waals surface area contributed by atoms with E-state index in [1.807, 2.05) is 74.0 Å². The maximum atomic E-state index is 10.8. The van der Waals surface area contributed by atoms with Gasteiger partial charge in [0.15, 0.2) is 0 Å². The summed E-state index contributed by atoms with van der Waals surface area (Å²) >= 11 is 0. The number of phenols is 1. The van der Waals surface area contributed by atoms with Crippen molar-refractivity contribution in [3.8, 4) is 33.9 Å². The predicted octanol–water partition coefficient (Wildman–Crippen LogP) is 4.41. The van der Waals surface area contributed by atoms with Crippen LogP contribution in [0.3, 0.4) is 0 Å². The number of likely N-dealkylation sites (tertiary alicyclic amines) is 1. The molecule has 0 spiro atoms. The molecule has 4 heterocycles. The van der Waals surface area contributed by atoms with Crippen molar-refractivity contribution in [2.75, 3.05) is 20.2 Å². The lowest BCUT2D eigenvalue weighted by Gasteiger charge is -2.38. The Labute approximate surface area is 208 Å². The average molecular weight is 479 g/mol. The molecule has 0 radical (unpaired) electrons. The number of aromatic nitrogens is 5. The molecule has 0 amide bonds. The molecule has 1 N–H and O–H groups in total. The third kappa shape index (κ3) is 4.16. The largest absolute Gasteiger partial charge is 0.507 e. The van der Waals surface area contributed by atoms with Gasteiger partial charge in [-0.15, -0.1) is 0 Å². The van der Waals surface area contributed by atoms with E-state index in [9.17, 15) is 5.11 Å². The van der Waals surface area contributed by atoms with Crippen LogP contribution in [0.1, 0.15) is 17.3 Å². The highest BCUT2D eigenvalue weighted by atomic mass is 16.5. The summed E-state index contributed by atoms with van der Waals surface area (Å²) in [5.74, 6) is 1.22. The Morgan fingerprint density at radius 3 is 2.61 bits per heavy atom. The Morgan fingerprint density at radius 1 is 1.00 bits per heavy atom. The van der Waals surface area contributed by atoms with Crippen molar-refractivity contribution < 1.29 is 9.84 Å². The number of ether oxygens (including phenoxy) is 1. The van der Waals surface area contributed by atoms with Crippen molar-refractivity contribution in [1.82, 2.24) is 29.9 Å². The number of rotatable bonds is 6. The van der Waals surface area contributed by atoms with E-state index in [0.717, 1.165) is 53.1 Å². The zero-order valence-electron chi connectivity index (χ0n) is 20.2. The van der Waals surface area contributed by atoms with E-state index in [1.54, 1.807) is 17.9 Å². The lowest BCUT2D eigenvalue weighted by atomic mass is 9.95. The zero-order valence-corrected chi connectivity index (χ0v) is 20.2. The molecule has 8 heteroatoms. The van der Waals surface area contributed by atoms with Gasteiger partial charge in [-0.05, 0) is 59.7 Å². The molecule has 0 aliphatic carbocycles. The van der Waals surface area contributed by atoms with Crippen LogP contribution in [-0.2, 0) is 13.6 Å². The SMILES string of the molecule is COc1cc(-c2ccc(-c3ccc(C4CN(Cc5ccccn5)C4)nn3)c(O)c2)cc2cn(C)nc12. The lowest BCUT2D eigenvalue weighted by molar-refractivity contribution is 0.135. The van der Waals surface area contributed by atoms with Crippen molar-refractivity contribution in [3.63, 3.8) is 0 Å². The number of nitrogens with zero attached hydrogens (tertiary/aromatic N) is 6. The highest BCUT2D eigenvalue weighted by Crippen LogP contribution is 2.36. The monoisotopic (exact) mass is 478 g/mol. The smallest absolute Gasteiger partial charge is 0.147 e. The summed E-state index contributed by atoms with van der Waals surface area (Å²) in [6.07, 6.45) is 3.78. The van der Waals surface area contributed by atoms with E-state index >= 15 is 0 Å². The molecule has 5 aromatic rings. The lowest BCUT2D eigenvalue weighted by Crippen LogP contribution is -2.44. The summed E-state index contributed by atoms with van der Waals surface area (Å²) < 4.78 is 7.31. The molecular formula is C28H26N6O2. The van der Waals surface area contributed by atoms with Gasteiger partial charge in [0, 0.05) is 55.9 Å². The second-order valence-electron chi connectivity index (χ2n) is 9.21. The first-order valence-electron chi connectivity index (χ1n) is 11.9. The fourth-order valence-corrected chi connectivity index (χ4v) is 4.78. The minimum Gasteiger partial charge on any atom is -0.507 e. The number of pyridine rings is 1. The van der Waals surface area contributed by atoms with Crippen LogP contribution in [0.5, 0.6) is 11.5 Å². The number of phenolic OH excluding ortho intramolecular Hbond substituents is 1. The van der Waals surface area contributed by atoms with Crippen LogP contribution in [0.2, 0.25) is 0 Å². The zero-order chi connectivity index (χ0) is 24.6. The summed E-state index contributed by atoms with van der Waals surface area (Å²) in [7, 11) is 3.52. The summed E-state index contributed by atoms with van der Waals surface area (Å²) in [6.45, 7) is 2.73. The second-order valence-corrected chi connectivity index (χ2v) is 9.21. The molecule has 1 fully saturated rings. The molecule has 0 bridgehead atoms. The first kappa shape index (κ1) is 22.2. The minimum atomic E-state index is 0.157. The van der Waals surface area contributed by atoms with Crippen LogP contribution in [-0.4, -0.2) is 55.2 Å². The van der Waals surface area contributed by atoms with Crippen LogP contribution in [0.4, 0.5) is 0 Å². The molecule has 6 rings (SSSR count). The number of benzene rings is 2. The van der Waals surface area contributed by atoms with Gasteiger partial charge in [0.05, 0.1) is 24.2 Å². The van der Waals surface area contributed by atoms with E-state index < -0.39 is 0 Å². The summed E-state index contributed by atoms with van der Waals surface area (Å²) in [5, 5.41) is 25.2. The molecule has 8 nitrogen and oxygen atoms in total. The average Bonchev–Trinajstić information content (AvgIpc) is 3.26. The van der Waals surface area contributed by atoms with Gasteiger partial charge in [0.25, 0.3) is 0 Å². The van der Waals surface area contributed by atoms with Crippen LogP contribution in [0.25, 0.3) is 33.3 Å². The van der Waals surface area contributed by atoms with E-state index in [2.05, 4.69) is 25.2 Å². The minimum absolute atomic E-state index is 0.157. The molecule has 2 aromatic carbocycles. The molecular weight excluding hydrogens is 452 g/mol. The van der Waals surface area contributed by atoms with Crippen molar-refractivity contribution >= 4 is 10.9 Å². The molecule has 180 valence electrons. The number of aromatic hydroxyl groups is 1. The maximum absolute atomic E-state index is 10.8. The number of aryl methyl sites for hydroxylation is 1. The molecule has 36 heavy (non-hydrogen) atoms. The van der Waals surface area contributed by atoms with Crippen molar-refractivity contribution in [2.24, 2.45) is 7.05 Å². The highest BCUT2D eigenvalue weighted by Gasteiger charge is 2.29. The van der Waals surface area contributed by atoms with Crippen molar-refractivity contribution in [3.05, 3.63) is 84.4 Å². The van der Waals surface area contributed by atoms with E-state index in [-0.39, 0.29) is 5.75 Å². The van der Waals surface area contributed by atoms with Gasteiger partial charge in [-0.2, -0.15) is 15.3 Å². The Kier molecular flexibility index (Phi) is 5.58. The first-order chi connectivity index (χ1) is 17.6. The fraction of sp³-hybridized carbons (Fsp3) is 0.214. The fourth-order valence-electron chi connectivity index (χ4n) is 4.78. The van der Waals surface area contributed by atoms with Crippen molar-refractivity contribution in [2.45, 2.75) is 12.5 Å². The molecule has 1 saturated heterocycles. The maximum Gasteiger partial charge on any atom is 0.147 e. The number of hydrogen-bond acceptors (Lipinski definition) is 7. The highest BCUT2D eigenvalue weighted by molar-refractivity contribution is 5.90. The summed E-state index contributed by atoms with van der Waals surface area (Å²) in [6, 6.07) is 19.5. The molecule has 0 unspecified atom stereocenters. The van der Waals surface area contributed by atoms with Crippen LogP contribution in [0, 0.1) is 0 Å². The molecule has 1 aliphatic rings. The van der Waals surface area contributed by atoms with Gasteiger partial charge < -0.3 is 9.84 Å². The standard InChI is InChI=1S/C28H26N6O2/c1-33-14-20-11-19(13-27(36-2)28(20)32-33)18-6-7-23(26(35)12-18)25-9-8-24(30-31-25)21-15-34(16-21)17-22-5-3-4-10-29-22/h3-14,21,35H,15-17H2,1-2H3.